The predicted octanol–water partition coefficient (Wildman–Crippen LogP) is 2.27. The molecule has 1 aromatic carbocycles. The first-order valence-corrected chi connectivity index (χ1v) is 6.48. The maximum Gasteiger partial charge on any atom is 0.416 e. The van der Waals surface area contributed by atoms with E-state index in [1.54, 1.807) is 0 Å². The molecule has 0 atom stereocenters. The first kappa shape index (κ1) is 15.0. The fraction of sp³-hybridized carbons (Fsp3) is 0.154. The van der Waals surface area contributed by atoms with Crippen LogP contribution in [0.2, 0.25) is 0 Å². The van der Waals surface area contributed by atoms with Gasteiger partial charge >= 0.3 is 6.18 Å². The lowest BCUT2D eigenvalue weighted by Gasteiger charge is -2.19. The molecule has 0 amide bonds. The van der Waals surface area contributed by atoms with Gasteiger partial charge in [0.2, 0.25) is 5.95 Å². The molecule has 23 heavy (non-hydrogen) atoms. The number of hydroxylamine groups is 2. The van der Waals surface area contributed by atoms with E-state index in [0.29, 0.717) is 5.69 Å². The topological polar surface area (TPSA) is 78.6 Å². The Bertz CT molecular complexity index is 750. The number of halogens is 3. The number of benzene rings is 1. The first-order chi connectivity index (χ1) is 10.9. The van der Waals surface area contributed by atoms with E-state index in [1.807, 2.05) is 0 Å². The molecule has 0 radical (unpaired) electrons. The van der Waals surface area contributed by atoms with Crippen LogP contribution in [0.25, 0.3) is 5.69 Å². The molecule has 2 N–H and O–H groups in total. The van der Waals surface area contributed by atoms with Crippen LogP contribution in [0.4, 0.5) is 19.1 Å². The molecular weight excluding hydrogens is 313 g/mol. The SMILES string of the molecule is ON1CC=NC=C1Nc1ncn(-c2ccc(C(F)(F)F)cc2)n1. The molecule has 0 saturated carbocycles. The molecule has 1 aromatic heterocycles. The number of aliphatic imine (C=N–C) groups is 1. The number of anilines is 1. The molecule has 0 fully saturated rings. The highest BCUT2D eigenvalue weighted by Crippen LogP contribution is 2.29. The zero-order chi connectivity index (χ0) is 16.4. The molecule has 1 aliphatic heterocycles. The van der Waals surface area contributed by atoms with Crippen molar-refractivity contribution >= 4 is 12.2 Å². The van der Waals surface area contributed by atoms with Crippen molar-refractivity contribution < 1.29 is 18.4 Å². The summed E-state index contributed by atoms with van der Waals surface area (Å²) in [6.07, 6.45) is -0.132. The standard InChI is InChI=1S/C13H11F3N6O/c14-13(15,16)9-1-3-10(4-2-9)21-8-18-12(20-21)19-11-7-17-5-6-22(11)23/h1-5,7-8,23H,6H2,(H,19,20). The molecular formula is C13H11F3N6O. The molecule has 2 aromatic rings. The summed E-state index contributed by atoms with van der Waals surface area (Å²) in [5.41, 5.74) is -0.309. The largest absolute Gasteiger partial charge is 0.416 e. The van der Waals surface area contributed by atoms with Crippen LogP contribution in [-0.2, 0) is 6.18 Å². The zero-order valence-corrected chi connectivity index (χ0v) is 11.6. The van der Waals surface area contributed by atoms with E-state index in [1.165, 1.54) is 35.6 Å². The van der Waals surface area contributed by atoms with Crippen LogP contribution >= 0.6 is 0 Å². The Morgan fingerprint density at radius 1 is 1.17 bits per heavy atom. The van der Waals surface area contributed by atoms with Gasteiger partial charge in [0.15, 0.2) is 5.82 Å². The molecule has 0 aliphatic carbocycles. The van der Waals surface area contributed by atoms with E-state index >= 15 is 0 Å². The number of nitrogens with zero attached hydrogens (tertiary/aromatic N) is 5. The van der Waals surface area contributed by atoms with Crippen molar-refractivity contribution in [2.45, 2.75) is 6.18 Å². The fourth-order valence-electron chi connectivity index (χ4n) is 1.87. The van der Waals surface area contributed by atoms with Gasteiger partial charge in [0.05, 0.1) is 24.0 Å². The molecule has 0 unspecified atom stereocenters. The maximum atomic E-state index is 12.5. The highest BCUT2D eigenvalue weighted by atomic mass is 19.4. The summed E-state index contributed by atoms with van der Waals surface area (Å²) < 4.78 is 38.9. The second-order valence-electron chi connectivity index (χ2n) is 4.61. The van der Waals surface area contributed by atoms with Gasteiger partial charge in [-0.25, -0.2) is 9.75 Å². The summed E-state index contributed by atoms with van der Waals surface area (Å²) >= 11 is 0. The van der Waals surface area contributed by atoms with Gasteiger partial charge in [0.25, 0.3) is 0 Å². The number of hydrogen-bond donors (Lipinski definition) is 2. The summed E-state index contributed by atoms with van der Waals surface area (Å²) in [7, 11) is 0. The van der Waals surface area contributed by atoms with Crippen LogP contribution in [0.3, 0.4) is 0 Å². The minimum absolute atomic E-state index is 0.173. The van der Waals surface area contributed by atoms with E-state index in [4.69, 9.17) is 0 Å². The minimum atomic E-state index is -4.38. The van der Waals surface area contributed by atoms with Crippen molar-refractivity contribution in [3.8, 4) is 5.69 Å². The van der Waals surface area contributed by atoms with Crippen LogP contribution in [0.1, 0.15) is 5.56 Å². The third kappa shape index (κ3) is 3.31. The monoisotopic (exact) mass is 324 g/mol. The predicted molar refractivity (Wildman–Crippen MR) is 75.1 cm³/mol. The van der Waals surface area contributed by atoms with Gasteiger partial charge in [-0.1, -0.05) is 0 Å². The fourth-order valence-corrected chi connectivity index (χ4v) is 1.87. The van der Waals surface area contributed by atoms with Gasteiger partial charge in [0.1, 0.15) is 6.33 Å². The number of nitrogens with one attached hydrogen (secondary N) is 1. The Kier molecular flexibility index (Phi) is 3.74. The summed E-state index contributed by atoms with van der Waals surface area (Å²) in [6.45, 7) is 0.221. The van der Waals surface area contributed by atoms with E-state index < -0.39 is 11.7 Å². The van der Waals surface area contributed by atoms with Crippen molar-refractivity contribution in [2.24, 2.45) is 4.99 Å². The Morgan fingerprint density at radius 3 is 2.57 bits per heavy atom. The smallest absolute Gasteiger partial charge is 0.306 e. The van der Waals surface area contributed by atoms with Crippen molar-refractivity contribution in [3.05, 3.63) is 48.2 Å². The van der Waals surface area contributed by atoms with Gasteiger partial charge in [-0.3, -0.25) is 10.2 Å². The molecule has 0 spiro atoms. The molecule has 10 heteroatoms. The van der Waals surface area contributed by atoms with E-state index in [2.05, 4.69) is 20.4 Å². The Labute approximate surface area is 128 Å². The molecule has 0 saturated heterocycles. The third-order valence-corrected chi connectivity index (χ3v) is 3.03. The lowest BCUT2D eigenvalue weighted by molar-refractivity contribution is -0.137. The maximum absolute atomic E-state index is 12.5. The van der Waals surface area contributed by atoms with Crippen molar-refractivity contribution in [3.63, 3.8) is 0 Å². The molecule has 0 bridgehead atoms. The number of hydrogen-bond acceptors (Lipinski definition) is 6. The lowest BCUT2D eigenvalue weighted by atomic mass is 10.2. The van der Waals surface area contributed by atoms with Gasteiger partial charge in [-0.2, -0.15) is 18.2 Å². The number of aromatic nitrogens is 3. The summed E-state index contributed by atoms with van der Waals surface area (Å²) in [4.78, 5) is 7.86. The molecule has 2 heterocycles. The Morgan fingerprint density at radius 2 is 1.91 bits per heavy atom. The summed E-state index contributed by atoms with van der Waals surface area (Å²) in [6, 6.07) is 4.53. The molecule has 1 aliphatic rings. The number of rotatable bonds is 3. The minimum Gasteiger partial charge on any atom is -0.306 e. The number of alkyl halides is 3. The highest BCUT2D eigenvalue weighted by molar-refractivity contribution is 5.62. The Balaban J connectivity index is 1.77. The molecule has 3 rings (SSSR count). The van der Waals surface area contributed by atoms with Gasteiger partial charge < -0.3 is 5.32 Å². The van der Waals surface area contributed by atoms with Crippen LogP contribution in [0.5, 0.6) is 0 Å². The van der Waals surface area contributed by atoms with E-state index in [-0.39, 0.29) is 18.3 Å². The highest BCUT2D eigenvalue weighted by Gasteiger charge is 2.30. The Hall–Kier alpha value is -2.88. The van der Waals surface area contributed by atoms with Crippen LogP contribution in [-0.4, -0.2) is 37.8 Å². The lowest BCUT2D eigenvalue weighted by Crippen LogP contribution is -2.27. The molecule has 120 valence electrons. The molecule has 7 nitrogen and oxygen atoms in total. The summed E-state index contributed by atoms with van der Waals surface area (Å²) in [5.74, 6) is 0.463. The quantitative estimate of drug-likeness (QED) is 0.905. The van der Waals surface area contributed by atoms with Crippen LogP contribution < -0.4 is 5.32 Å². The average Bonchev–Trinajstić information content (AvgIpc) is 2.97. The first-order valence-electron chi connectivity index (χ1n) is 6.48. The second-order valence-corrected chi connectivity index (χ2v) is 4.61. The van der Waals surface area contributed by atoms with Crippen molar-refractivity contribution in [1.82, 2.24) is 19.8 Å². The zero-order valence-electron chi connectivity index (χ0n) is 11.6. The van der Waals surface area contributed by atoms with Crippen LogP contribution in [0, 0.1) is 0 Å². The normalized spacial score (nSPS) is 14.8. The van der Waals surface area contributed by atoms with Gasteiger partial charge in [-0.05, 0) is 24.3 Å². The third-order valence-electron chi connectivity index (χ3n) is 3.03. The van der Waals surface area contributed by atoms with E-state index in [9.17, 15) is 18.4 Å². The average molecular weight is 324 g/mol. The second kappa shape index (κ2) is 5.72. The van der Waals surface area contributed by atoms with Crippen LogP contribution in [0.15, 0.2) is 47.6 Å². The van der Waals surface area contributed by atoms with E-state index in [0.717, 1.165) is 17.2 Å². The van der Waals surface area contributed by atoms with Gasteiger partial charge in [0, 0.05) is 6.21 Å². The van der Waals surface area contributed by atoms with Gasteiger partial charge in [-0.15, -0.1) is 5.10 Å². The summed E-state index contributed by atoms with van der Waals surface area (Å²) in [5, 5.41) is 17.4. The van der Waals surface area contributed by atoms with Crippen molar-refractivity contribution in [2.75, 3.05) is 11.9 Å². The van der Waals surface area contributed by atoms with Crippen molar-refractivity contribution in [1.29, 1.82) is 0 Å².